The van der Waals surface area contributed by atoms with Gasteiger partial charge in [-0.2, -0.15) is 0 Å². The highest BCUT2D eigenvalue weighted by molar-refractivity contribution is 8.77. The van der Waals surface area contributed by atoms with Crippen LogP contribution in [0.15, 0.2) is 21.9 Å². The van der Waals surface area contributed by atoms with E-state index in [1.807, 2.05) is 56.2 Å². The molecule has 2 rings (SSSR count). The maximum atomic E-state index is 15.7. The van der Waals surface area contributed by atoms with Crippen molar-refractivity contribution in [1.29, 1.82) is 0 Å². The van der Waals surface area contributed by atoms with Crippen molar-refractivity contribution >= 4 is 30.1 Å². The van der Waals surface area contributed by atoms with E-state index in [4.69, 9.17) is 15.2 Å². The highest BCUT2D eigenvalue weighted by Gasteiger charge is 2.48. The van der Waals surface area contributed by atoms with Gasteiger partial charge in [0.05, 0.1) is 12.2 Å². The molecular formula is C24H43FN3O5PS2. The van der Waals surface area contributed by atoms with Crippen molar-refractivity contribution in [3.63, 3.8) is 0 Å². The second-order valence-corrected chi connectivity index (χ2v) is 15.1. The van der Waals surface area contributed by atoms with Gasteiger partial charge in [-0.1, -0.05) is 42.4 Å². The second-order valence-electron chi connectivity index (χ2n) is 10.5. The van der Waals surface area contributed by atoms with Crippen LogP contribution >= 0.6 is 30.1 Å². The number of aromatic nitrogens is 2. The first-order chi connectivity index (χ1) is 17.2. The number of H-pyrrole nitrogens is 1. The van der Waals surface area contributed by atoms with E-state index in [1.165, 1.54) is 6.20 Å². The summed E-state index contributed by atoms with van der Waals surface area (Å²) >= 11 is 0. The maximum Gasteiger partial charge on any atom is 0.330 e. The molecule has 0 saturated carbocycles. The van der Waals surface area contributed by atoms with Crippen molar-refractivity contribution in [1.82, 2.24) is 14.2 Å². The van der Waals surface area contributed by atoms with Gasteiger partial charge < -0.3 is 13.8 Å². The summed E-state index contributed by atoms with van der Waals surface area (Å²) in [5.74, 6) is 1.01. The number of halogens is 1. The van der Waals surface area contributed by atoms with E-state index < -0.39 is 44.4 Å². The molecule has 1 saturated heterocycles. The summed E-state index contributed by atoms with van der Waals surface area (Å²) in [6.07, 6.45) is -2.12. The molecule has 12 heteroatoms. The van der Waals surface area contributed by atoms with Gasteiger partial charge in [0.2, 0.25) is 0 Å². The minimum Gasteiger partial charge on any atom is -0.349 e. The van der Waals surface area contributed by atoms with Crippen LogP contribution in [0.3, 0.4) is 0 Å². The molecule has 2 heterocycles. The summed E-state index contributed by atoms with van der Waals surface area (Å²) in [6.45, 7) is 16.5. The molecular weight excluding hydrogens is 524 g/mol. The van der Waals surface area contributed by atoms with Crippen molar-refractivity contribution in [2.45, 2.75) is 123 Å². The Balaban J connectivity index is 2.16. The first kappa shape index (κ1) is 30.1. The van der Waals surface area contributed by atoms with E-state index in [0.717, 1.165) is 29.2 Å². The van der Waals surface area contributed by atoms with Crippen molar-refractivity contribution in [2.24, 2.45) is 0 Å². The Hall–Kier alpha value is -0.420. The van der Waals surface area contributed by atoms with Crippen LogP contribution in [0, 0.1) is 0 Å². The van der Waals surface area contributed by atoms with Crippen LogP contribution in [0.2, 0.25) is 0 Å². The van der Waals surface area contributed by atoms with E-state index >= 15 is 4.39 Å². The van der Waals surface area contributed by atoms with Crippen LogP contribution in [0.5, 0.6) is 0 Å². The summed E-state index contributed by atoms with van der Waals surface area (Å²) in [4.78, 5) is 25.8. The molecule has 8 nitrogen and oxygen atoms in total. The van der Waals surface area contributed by atoms with Crippen molar-refractivity contribution in [2.75, 3.05) is 5.75 Å². The predicted molar refractivity (Wildman–Crippen MR) is 149 cm³/mol. The number of ether oxygens (including phenoxy) is 1. The molecule has 0 aromatic carbocycles. The Labute approximate surface area is 225 Å². The molecule has 0 bridgehead atoms. The fourth-order valence-electron chi connectivity index (χ4n) is 3.74. The molecule has 1 aliphatic heterocycles. The largest absolute Gasteiger partial charge is 0.349 e. The number of aromatic amines is 1. The zero-order valence-corrected chi connectivity index (χ0v) is 25.1. The number of rotatable bonds is 13. The zero-order chi connectivity index (χ0) is 27.9. The molecule has 36 heavy (non-hydrogen) atoms. The maximum absolute atomic E-state index is 15.7. The zero-order valence-electron chi connectivity index (χ0n) is 23.6. The minimum atomic E-state index is -1.73. The monoisotopic (exact) mass is 568 g/mol. The SMILES string of the molecule is [2H]CC1OC(n2ccc(=O)[nH]c2=O)C(F)C1OP(OC(C)CCCSSC(C)(C)C)N(C(C)C)C(C)C. The highest BCUT2D eigenvalue weighted by atomic mass is 33.1. The number of hydrogen-bond acceptors (Lipinski definition) is 8. The quantitative estimate of drug-likeness (QED) is 0.179. The Morgan fingerprint density at radius 1 is 1.28 bits per heavy atom. The molecule has 1 N–H and O–H groups in total. The van der Waals surface area contributed by atoms with Gasteiger partial charge in [0.1, 0.15) is 6.10 Å². The van der Waals surface area contributed by atoms with Crippen LogP contribution in [0.25, 0.3) is 0 Å². The topological polar surface area (TPSA) is 85.8 Å². The Morgan fingerprint density at radius 2 is 1.94 bits per heavy atom. The van der Waals surface area contributed by atoms with Gasteiger partial charge in [-0.3, -0.25) is 14.3 Å². The first-order valence-electron chi connectivity index (χ1n) is 13.1. The molecule has 1 aromatic heterocycles. The van der Waals surface area contributed by atoms with Crippen molar-refractivity contribution < 1.29 is 19.5 Å². The fraction of sp³-hybridized carbons (Fsp3) is 0.833. The smallest absolute Gasteiger partial charge is 0.330 e. The van der Waals surface area contributed by atoms with Gasteiger partial charge in [0.25, 0.3) is 14.1 Å². The van der Waals surface area contributed by atoms with Gasteiger partial charge in [0.15, 0.2) is 12.4 Å². The normalized spacial score (nSPS) is 25.1. The Bertz CT molecular complexity index is 940. The van der Waals surface area contributed by atoms with Crippen LogP contribution in [0.1, 0.15) is 82.7 Å². The van der Waals surface area contributed by atoms with Gasteiger partial charge >= 0.3 is 5.69 Å². The van der Waals surface area contributed by atoms with Gasteiger partial charge in [-0.05, 0) is 54.4 Å². The number of alkyl halides is 1. The third-order valence-corrected chi connectivity index (χ3v) is 11.0. The summed E-state index contributed by atoms with van der Waals surface area (Å²) < 4.78 is 45.5. The molecule has 0 amide bonds. The molecule has 1 aliphatic rings. The summed E-state index contributed by atoms with van der Waals surface area (Å²) in [7, 11) is 2.04. The molecule has 0 radical (unpaired) electrons. The van der Waals surface area contributed by atoms with Crippen molar-refractivity contribution in [3.05, 3.63) is 33.1 Å². The van der Waals surface area contributed by atoms with Crippen LogP contribution in [-0.4, -0.2) is 61.3 Å². The number of nitrogens with zero attached hydrogens (tertiary/aromatic N) is 2. The van der Waals surface area contributed by atoms with Gasteiger partial charge in [-0.15, -0.1) is 0 Å². The minimum absolute atomic E-state index is 0.0736. The number of nitrogens with one attached hydrogen (secondary N) is 1. The summed E-state index contributed by atoms with van der Waals surface area (Å²) in [5, 5.41) is 0. The molecule has 6 atom stereocenters. The lowest BCUT2D eigenvalue weighted by Gasteiger charge is -2.38. The predicted octanol–water partition coefficient (Wildman–Crippen LogP) is 5.89. The Morgan fingerprint density at radius 3 is 2.50 bits per heavy atom. The van der Waals surface area contributed by atoms with Crippen molar-refractivity contribution in [3.8, 4) is 0 Å². The van der Waals surface area contributed by atoms with E-state index in [0.29, 0.717) is 0 Å². The third-order valence-electron chi connectivity index (χ3n) is 5.27. The molecule has 0 spiro atoms. The van der Waals surface area contributed by atoms with Gasteiger partial charge in [0, 0.05) is 36.2 Å². The van der Waals surface area contributed by atoms with Crippen LogP contribution < -0.4 is 11.2 Å². The van der Waals surface area contributed by atoms with Gasteiger partial charge in [-0.25, -0.2) is 13.9 Å². The van der Waals surface area contributed by atoms with E-state index in [2.05, 4.69) is 30.4 Å². The average molecular weight is 569 g/mol. The standard InChI is InChI=1S/C24H43FN3O5PS2/c1-15(2)28(16(3)4)34(32-17(5)11-10-14-35-36-24(7,8)9)33-21-18(6)31-22(20(21)25)27-13-12-19(29)26-23(27)30/h12-13,15-18,20-22H,10-11,14H2,1-9H3,(H,26,29,30)/i6D. The summed E-state index contributed by atoms with van der Waals surface area (Å²) in [6, 6.07) is 1.28. The molecule has 6 unspecified atom stereocenters. The third kappa shape index (κ3) is 9.40. The first-order valence-corrected chi connectivity index (χ1v) is 15.8. The Kier molecular flexibility index (Phi) is 11.8. The fourth-order valence-corrected chi connectivity index (χ4v) is 8.02. The molecule has 0 aliphatic carbocycles. The van der Waals surface area contributed by atoms with E-state index in [-0.39, 0.29) is 29.8 Å². The average Bonchev–Trinajstić information content (AvgIpc) is 3.07. The lowest BCUT2D eigenvalue weighted by molar-refractivity contribution is -0.0183. The van der Waals surface area contributed by atoms with Crippen LogP contribution in [0.4, 0.5) is 4.39 Å². The lowest BCUT2D eigenvalue weighted by atomic mass is 10.2. The highest BCUT2D eigenvalue weighted by Crippen LogP contribution is 2.51. The second kappa shape index (κ2) is 14.1. The van der Waals surface area contributed by atoms with Crippen LogP contribution in [-0.2, 0) is 13.8 Å². The van der Waals surface area contributed by atoms with E-state index in [9.17, 15) is 9.59 Å². The number of hydrogen-bond donors (Lipinski definition) is 1. The molecule has 1 aromatic rings. The van der Waals surface area contributed by atoms with E-state index in [1.54, 1.807) is 0 Å². The molecule has 208 valence electrons. The summed E-state index contributed by atoms with van der Waals surface area (Å²) in [5.41, 5.74) is -1.35. The molecule has 1 fully saturated rings. The lowest BCUT2D eigenvalue weighted by Crippen LogP contribution is -2.39.